The molecule has 11 heteroatoms. The van der Waals surface area contributed by atoms with E-state index in [1.54, 1.807) is 27.7 Å². The van der Waals surface area contributed by atoms with Gasteiger partial charge in [-0.15, -0.1) is 0 Å². The van der Waals surface area contributed by atoms with Crippen LogP contribution in [-0.4, -0.2) is 49.8 Å². The van der Waals surface area contributed by atoms with Crippen molar-refractivity contribution in [2.75, 3.05) is 0 Å². The van der Waals surface area contributed by atoms with Gasteiger partial charge in [-0.25, -0.2) is 0 Å². The van der Waals surface area contributed by atoms with E-state index < -0.39 is 43.5 Å². The van der Waals surface area contributed by atoms with Crippen molar-refractivity contribution in [3.63, 3.8) is 0 Å². The third kappa shape index (κ3) is 22.2. The number of hydrogen-bond acceptors (Lipinski definition) is 4. The predicted octanol–water partition coefficient (Wildman–Crippen LogP) is 0.763. The van der Waals surface area contributed by atoms with Gasteiger partial charge in [0.15, 0.2) is 0 Å². The third-order valence-electron chi connectivity index (χ3n) is 1.94. The summed E-state index contributed by atoms with van der Waals surface area (Å²) < 4.78 is 10.6. The normalized spacial score (nSPS) is 8.87. The van der Waals surface area contributed by atoms with Crippen LogP contribution in [0.1, 0.15) is 53.4 Å². The van der Waals surface area contributed by atoms with Crippen molar-refractivity contribution in [1.82, 2.24) is 14.1 Å². The van der Waals surface area contributed by atoms with E-state index in [4.69, 9.17) is 0 Å². The fourth-order valence-electron chi connectivity index (χ4n) is 0.567. The molecule has 0 aliphatic carbocycles. The van der Waals surface area contributed by atoms with Crippen molar-refractivity contribution in [2.24, 2.45) is 0 Å². The first-order valence-corrected chi connectivity index (χ1v) is 11.5. The second-order valence-electron chi connectivity index (χ2n) is 3.72. The minimum Gasteiger partial charge on any atom is 0 e. The summed E-state index contributed by atoms with van der Waals surface area (Å²) in [6, 6.07) is 0. The van der Waals surface area contributed by atoms with E-state index >= 15 is 0 Å². The van der Waals surface area contributed by atoms with Crippen molar-refractivity contribution in [1.29, 1.82) is 0 Å². The van der Waals surface area contributed by atoms with E-state index in [-0.39, 0.29) is 49.8 Å². The number of carbonyl (C=O) groups excluding carboxylic acids is 4. The zero-order valence-corrected chi connectivity index (χ0v) is 21.9. The molecule has 137 valence electrons. The molecule has 23 heavy (non-hydrogen) atoms. The molecule has 4 N–H and O–H groups in total. The van der Waals surface area contributed by atoms with Crippen LogP contribution in [-0.2, 0) is 19.2 Å². The molecule has 0 saturated carbocycles. The van der Waals surface area contributed by atoms with Crippen LogP contribution in [0.4, 0.5) is 0 Å². The number of rotatable bonds is 8. The molecule has 4 amide bonds. The first-order valence-electron chi connectivity index (χ1n) is 6.88. The largest absolute Gasteiger partial charge is 0 e. The molecular weight excluding hydrogens is 727 g/mol. The standard InChI is InChI=1S/2C6H13IN2O2.Bi/c2*1-3-5(10)8-7-9-6(11)4-2;/h2*7H,3-4H2,1-2H3,(H,8,10)(H,9,11);. The molecule has 0 aromatic heterocycles. The summed E-state index contributed by atoms with van der Waals surface area (Å²) in [7, 11) is 0. The smallest absolute Gasteiger partial charge is 0 e. The van der Waals surface area contributed by atoms with Gasteiger partial charge in [-0.2, -0.15) is 0 Å². The topological polar surface area (TPSA) is 116 Å². The maximum atomic E-state index is 10.7. The van der Waals surface area contributed by atoms with E-state index in [1.807, 2.05) is 0 Å². The fraction of sp³-hybridized carbons (Fsp3) is 0.667. The van der Waals surface area contributed by atoms with Gasteiger partial charge in [-0.05, 0) is 0 Å². The summed E-state index contributed by atoms with van der Waals surface area (Å²) in [5.41, 5.74) is 0. The summed E-state index contributed by atoms with van der Waals surface area (Å²) >= 11 is -1.66. The number of halogens is 2. The zero-order valence-electron chi connectivity index (χ0n) is 13.7. The Bertz CT molecular complexity index is 307. The minimum atomic E-state index is -0.832. The SMILES string of the molecule is CCC(=O)N[IH]NC(=O)CC.CCC(=O)N[IH]NC(=O)CC.[Bi]. The van der Waals surface area contributed by atoms with E-state index in [0.29, 0.717) is 25.7 Å². The van der Waals surface area contributed by atoms with Gasteiger partial charge in [0.2, 0.25) is 0 Å². The zero-order chi connectivity index (χ0) is 17.4. The number of amides is 4. The average Bonchev–Trinajstić information content (AvgIpc) is 2.54. The Labute approximate surface area is 178 Å². The van der Waals surface area contributed by atoms with Crippen LogP contribution < -0.4 is 14.1 Å². The quantitative estimate of drug-likeness (QED) is 0.167. The second kappa shape index (κ2) is 20.3. The van der Waals surface area contributed by atoms with Crippen LogP contribution >= 0.6 is 43.5 Å². The van der Waals surface area contributed by atoms with Gasteiger partial charge in [0.05, 0.1) is 0 Å². The molecule has 0 bridgehead atoms. The van der Waals surface area contributed by atoms with Crippen LogP contribution in [0.5, 0.6) is 0 Å². The molecule has 8 nitrogen and oxygen atoms in total. The molecule has 0 aromatic carbocycles. The maximum absolute atomic E-state index is 10.7. The van der Waals surface area contributed by atoms with Crippen molar-refractivity contribution >= 4 is 93.3 Å². The molecule has 0 spiro atoms. The molecule has 0 fully saturated rings. The van der Waals surface area contributed by atoms with Gasteiger partial charge in [0, 0.05) is 26.2 Å². The van der Waals surface area contributed by atoms with Crippen molar-refractivity contribution < 1.29 is 19.2 Å². The van der Waals surface area contributed by atoms with Gasteiger partial charge in [-0.3, -0.25) is 0 Å². The first kappa shape index (κ1) is 28.0. The fourth-order valence-corrected chi connectivity index (χ4v) is 3.81. The molecule has 0 aliphatic heterocycles. The van der Waals surface area contributed by atoms with Crippen LogP contribution in [0.15, 0.2) is 0 Å². The molecule has 0 atom stereocenters. The Hall–Kier alpha value is 0.223. The second-order valence-corrected chi connectivity index (χ2v) is 7.21. The van der Waals surface area contributed by atoms with E-state index in [0.717, 1.165) is 0 Å². The van der Waals surface area contributed by atoms with E-state index in [2.05, 4.69) is 14.1 Å². The molecule has 0 saturated heterocycles. The molecule has 0 heterocycles. The molecule has 0 aromatic rings. The Balaban J connectivity index is -0.000000333. The third-order valence-corrected chi connectivity index (χ3v) is 5.71. The van der Waals surface area contributed by atoms with E-state index in [1.165, 1.54) is 0 Å². The molecule has 3 radical (unpaired) electrons. The first-order chi connectivity index (χ1) is 10.4. The van der Waals surface area contributed by atoms with Crippen LogP contribution in [0.2, 0.25) is 0 Å². The molecule has 0 unspecified atom stereocenters. The van der Waals surface area contributed by atoms with Crippen molar-refractivity contribution in [3.05, 3.63) is 0 Å². The Morgan fingerprint density at radius 1 is 0.565 bits per heavy atom. The minimum absolute atomic E-state index is 0. The molecule has 0 rings (SSSR count). The van der Waals surface area contributed by atoms with Gasteiger partial charge >= 0.3 is 154 Å². The Kier molecular flexibility index (Phi) is 24.7. The summed E-state index contributed by atoms with van der Waals surface area (Å²) in [6.45, 7) is 7.13. The average molecular weight is 753 g/mol. The maximum Gasteiger partial charge on any atom is 0 e. The summed E-state index contributed by atoms with van der Waals surface area (Å²) in [4.78, 5) is 42.6. The predicted molar refractivity (Wildman–Crippen MR) is 110 cm³/mol. The van der Waals surface area contributed by atoms with Crippen LogP contribution in [0, 0.1) is 0 Å². The van der Waals surface area contributed by atoms with E-state index in [9.17, 15) is 19.2 Å². The van der Waals surface area contributed by atoms with Gasteiger partial charge in [-0.1, -0.05) is 0 Å². The molecular formula is C12H26BiI2N4O4. The number of hydrogen-bond donors (Lipinski definition) is 4. The van der Waals surface area contributed by atoms with Crippen LogP contribution in [0.25, 0.3) is 0 Å². The van der Waals surface area contributed by atoms with Crippen molar-refractivity contribution in [3.8, 4) is 0 Å². The van der Waals surface area contributed by atoms with Gasteiger partial charge < -0.3 is 0 Å². The Morgan fingerprint density at radius 3 is 0.870 bits per heavy atom. The van der Waals surface area contributed by atoms with Crippen LogP contribution in [0.3, 0.4) is 0 Å². The molecule has 0 aliphatic rings. The summed E-state index contributed by atoms with van der Waals surface area (Å²) in [6.07, 6.45) is 1.92. The Morgan fingerprint density at radius 2 is 0.739 bits per heavy atom. The number of carbonyl (C=O) groups is 4. The van der Waals surface area contributed by atoms with Crippen molar-refractivity contribution in [2.45, 2.75) is 53.4 Å². The number of nitrogens with one attached hydrogen (secondary N) is 4. The summed E-state index contributed by atoms with van der Waals surface area (Å²) in [5.74, 6) is 0.0141. The van der Waals surface area contributed by atoms with Gasteiger partial charge in [0.1, 0.15) is 0 Å². The monoisotopic (exact) mass is 753 g/mol. The summed E-state index contributed by atoms with van der Waals surface area (Å²) in [5, 5.41) is 0. The van der Waals surface area contributed by atoms with Gasteiger partial charge in [0.25, 0.3) is 0 Å².